The first-order valence-corrected chi connectivity index (χ1v) is 6.95. The topological polar surface area (TPSA) is 149 Å². The van der Waals surface area contributed by atoms with E-state index in [0.717, 1.165) is 0 Å². The Kier molecular flexibility index (Phi) is 3.71. The number of non-ortho nitro benzene ring substituents is 2. The van der Waals surface area contributed by atoms with Gasteiger partial charge in [0, 0.05) is 35.2 Å². The average molecular weight is 335 g/mol. The third-order valence-corrected chi connectivity index (χ3v) is 3.69. The van der Waals surface area contributed by atoms with Gasteiger partial charge in [-0.2, -0.15) is 5.26 Å². The highest BCUT2D eigenvalue weighted by Gasteiger charge is 2.18. The van der Waals surface area contributed by atoms with Gasteiger partial charge in [0.05, 0.1) is 15.4 Å². The van der Waals surface area contributed by atoms with Crippen molar-refractivity contribution in [1.29, 1.82) is 5.26 Å². The fourth-order valence-electron chi connectivity index (χ4n) is 2.55. The van der Waals surface area contributed by atoms with Gasteiger partial charge in [-0.05, 0) is 23.8 Å². The molecule has 0 aliphatic heterocycles. The van der Waals surface area contributed by atoms with Gasteiger partial charge in [0.25, 0.3) is 11.4 Å². The number of anilines is 1. The van der Waals surface area contributed by atoms with E-state index in [1.807, 2.05) is 6.07 Å². The summed E-state index contributed by atoms with van der Waals surface area (Å²) in [5, 5.41) is 31.6. The fraction of sp³-hybridized carbons (Fsp3) is 0. The molecule has 0 atom stereocenters. The molecule has 2 aromatic carbocycles. The second kappa shape index (κ2) is 5.86. The van der Waals surface area contributed by atoms with Gasteiger partial charge in [0.1, 0.15) is 17.5 Å². The van der Waals surface area contributed by atoms with Crippen molar-refractivity contribution >= 4 is 28.1 Å². The summed E-state index contributed by atoms with van der Waals surface area (Å²) in [5.41, 5.74) is 6.90. The number of nitrogens with zero attached hydrogens (tertiary/aromatic N) is 4. The highest BCUT2D eigenvalue weighted by atomic mass is 16.6. The Morgan fingerprint density at radius 1 is 1.00 bits per heavy atom. The van der Waals surface area contributed by atoms with E-state index < -0.39 is 9.85 Å². The SMILES string of the molecule is N#Cc1c(N)nc2cc([N+](=O)[O-])ccc2c1-c1ccc([N+](=O)[O-])cc1. The molecular formula is C16H9N5O4. The Hall–Kier alpha value is -4.06. The van der Waals surface area contributed by atoms with Crippen LogP contribution in [0.1, 0.15) is 5.56 Å². The van der Waals surface area contributed by atoms with E-state index in [0.29, 0.717) is 16.5 Å². The zero-order chi connectivity index (χ0) is 18.1. The fourth-order valence-corrected chi connectivity index (χ4v) is 2.55. The summed E-state index contributed by atoms with van der Waals surface area (Å²) >= 11 is 0. The van der Waals surface area contributed by atoms with E-state index in [1.165, 1.54) is 42.5 Å². The number of rotatable bonds is 3. The molecule has 0 fully saturated rings. The van der Waals surface area contributed by atoms with Crippen molar-refractivity contribution in [3.8, 4) is 17.2 Å². The van der Waals surface area contributed by atoms with Gasteiger partial charge in [0.2, 0.25) is 0 Å². The van der Waals surface area contributed by atoms with Gasteiger partial charge in [-0.3, -0.25) is 20.2 Å². The minimum Gasteiger partial charge on any atom is -0.383 e. The third-order valence-electron chi connectivity index (χ3n) is 3.69. The summed E-state index contributed by atoms with van der Waals surface area (Å²) in [6, 6.07) is 11.6. The molecule has 0 aliphatic carbocycles. The molecule has 0 amide bonds. The predicted octanol–water partition coefficient (Wildman–Crippen LogP) is 3.17. The van der Waals surface area contributed by atoms with E-state index in [1.54, 1.807) is 0 Å². The largest absolute Gasteiger partial charge is 0.383 e. The predicted molar refractivity (Wildman–Crippen MR) is 89.6 cm³/mol. The number of nitrogen functional groups attached to an aromatic ring is 1. The molecule has 0 unspecified atom stereocenters. The maximum absolute atomic E-state index is 10.9. The van der Waals surface area contributed by atoms with Gasteiger partial charge < -0.3 is 5.73 Å². The summed E-state index contributed by atoms with van der Waals surface area (Å²) in [5.74, 6) is -0.0659. The smallest absolute Gasteiger partial charge is 0.271 e. The number of nitro benzene ring substituents is 2. The molecule has 0 radical (unpaired) electrons. The minimum atomic E-state index is -0.554. The van der Waals surface area contributed by atoms with Crippen LogP contribution in [-0.4, -0.2) is 14.8 Å². The summed E-state index contributed by atoms with van der Waals surface area (Å²) in [6.45, 7) is 0. The van der Waals surface area contributed by atoms with E-state index in [4.69, 9.17) is 5.73 Å². The van der Waals surface area contributed by atoms with Crippen LogP contribution in [-0.2, 0) is 0 Å². The van der Waals surface area contributed by atoms with Gasteiger partial charge in [0.15, 0.2) is 0 Å². The number of fused-ring (bicyclic) bond motifs is 1. The first kappa shape index (κ1) is 15.8. The van der Waals surface area contributed by atoms with Crippen LogP contribution < -0.4 is 5.73 Å². The number of nitro groups is 2. The number of hydrogen-bond acceptors (Lipinski definition) is 7. The molecule has 0 bridgehead atoms. The van der Waals surface area contributed by atoms with Crippen molar-refractivity contribution in [1.82, 2.24) is 4.98 Å². The number of hydrogen-bond donors (Lipinski definition) is 1. The average Bonchev–Trinajstić information content (AvgIpc) is 2.60. The Morgan fingerprint density at radius 3 is 2.16 bits per heavy atom. The van der Waals surface area contributed by atoms with Gasteiger partial charge in [-0.15, -0.1) is 0 Å². The van der Waals surface area contributed by atoms with Crippen LogP contribution in [0.2, 0.25) is 0 Å². The highest BCUT2D eigenvalue weighted by molar-refractivity contribution is 6.00. The molecule has 0 aliphatic rings. The Labute approximate surface area is 140 Å². The lowest BCUT2D eigenvalue weighted by molar-refractivity contribution is -0.385. The second-order valence-corrected chi connectivity index (χ2v) is 5.12. The lowest BCUT2D eigenvalue weighted by Crippen LogP contribution is -2.00. The molecule has 0 spiro atoms. The summed E-state index contributed by atoms with van der Waals surface area (Å²) in [6.07, 6.45) is 0. The maximum atomic E-state index is 10.9. The first-order chi connectivity index (χ1) is 11.9. The van der Waals surface area contributed by atoms with Crippen LogP contribution in [0.15, 0.2) is 42.5 Å². The Morgan fingerprint density at radius 2 is 1.60 bits per heavy atom. The van der Waals surface area contributed by atoms with Crippen molar-refractivity contribution in [2.75, 3.05) is 5.73 Å². The van der Waals surface area contributed by atoms with Crippen LogP contribution in [0, 0.1) is 31.6 Å². The first-order valence-electron chi connectivity index (χ1n) is 6.95. The quantitative estimate of drug-likeness (QED) is 0.570. The van der Waals surface area contributed by atoms with E-state index in [-0.39, 0.29) is 28.3 Å². The molecule has 0 saturated carbocycles. The van der Waals surface area contributed by atoms with Crippen LogP contribution in [0.25, 0.3) is 22.0 Å². The van der Waals surface area contributed by atoms with Crippen molar-refractivity contribution in [2.45, 2.75) is 0 Å². The van der Waals surface area contributed by atoms with E-state index >= 15 is 0 Å². The molecule has 9 heteroatoms. The molecule has 25 heavy (non-hydrogen) atoms. The number of nitriles is 1. The molecule has 1 aromatic heterocycles. The Balaban J connectivity index is 2.33. The molecule has 9 nitrogen and oxygen atoms in total. The van der Waals surface area contributed by atoms with Crippen LogP contribution in [0.4, 0.5) is 17.2 Å². The van der Waals surface area contributed by atoms with Gasteiger partial charge in [-0.25, -0.2) is 4.98 Å². The van der Waals surface area contributed by atoms with Crippen molar-refractivity contribution in [3.05, 3.63) is 68.3 Å². The minimum absolute atomic E-state index is 0.0659. The highest BCUT2D eigenvalue weighted by Crippen LogP contribution is 2.35. The van der Waals surface area contributed by atoms with E-state index in [2.05, 4.69) is 4.98 Å². The Bertz CT molecular complexity index is 1070. The molecule has 0 saturated heterocycles. The zero-order valence-corrected chi connectivity index (χ0v) is 12.5. The third kappa shape index (κ3) is 2.68. The number of benzene rings is 2. The molecule has 3 aromatic rings. The molecule has 2 N–H and O–H groups in total. The maximum Gasteiger partial charge on any atom is 0.271 e. The van der Waals surface area contributed by atoms with E-state index in [9.17, 15) is 25.5 Å². The lowest BCUT2D eigenvalue weighted by atomic mass is 9.96. The molecule has 122 valence electrons. The standard InChI is InChI=1S/C16H9N5O4/c17-8-13-15(9-1-3-10(4-2-9)20(22)23)12-6-5-11(21(24)25)7-14(12)19-16(13)18/h1-7H,(H2,18,19). The second-order valence-electron chi connectivity index (χ2n) is 5.12. The number of nitrogens with two attached hydrogens (primary N) is 1. The zero-order valence-electron chi connectivity index (χ0n) is 12.5. The molecule has 3 rings (SSSR count). The monoisotopic (exact) mass is 335 g/mol. The molecule has 1 heterocycles. The van der Waals surface area contributed by atoms with Crippen molar-refractivity contribution in [2.24, 2.45) is 0 Å². The van der Waals surface area contributed by atoms with Crippen LogP contribution >= 0.6 is 0 Å². The van der Waals surface area contributed by atoms with Gasteiger partial charge >= 0.3 is 0 Å². The van der Waals surface area contributed by atoms with Crippen LogP contribution in [0.3, 0.4) is 0 Å². The summed E-state index contributed by atoms with van der Waals surface area (Å²) in [7, 11) is 0. The number of aromatic nitrogens is 1. The van der Waals surface area contributed by atoms with Crippen LogP contribution in [0.5, 0.6) is 0 Å². The van der Waals surface area contributed by atoms with Crippen molar-refractivity contribution in [3.63, 3.8) is 0 Å². The molecular weight excluding hydrogens is 326 g/mol. The summed E-state index contributed by atoms with van der Waals surface area (Å²) < 4.78 is 0. The number of pyridine rings is 1. The summed E-state index contributed by atoms with van der Waals surface area (Å²) in [4.78, 5) is 24.7. The van der Waals surface area contributed by atoms with Crippen molar-refractivity contribution < 1.29 is 9.85 Å². The normalized spacial score (nSPS) is 10.4. The van der Waals surface area contributed by atoms with Gasteiger partial charge in [-0.1, -0.05) is 0 Å². The lowest BCUT2D eigenvalue weighted by Gasteiger charge is -2.11.